The fourth-order valence-electron chi connectivity index (χ4n) is 4.82. The van der Waals surface area contributed by atoms with Crippen LogP contribution in [0.2, 0.25) is 0 Å². The molecule has 7 heteroatoms. The van der Waals surface area contributed by atoms with E-state index in [1.165, 1.54) is 12.5 Å². The topological polar surface area (TPSA) is 83.8 Å². The molecule has 1 aliphatic heterocycles. The number of imide groups is 1. The molecule has 0 radical (unpaired) electrons. The lowest BCUT2D eigenvalue weighted by atomic mass is 9.85. The lowest BCUT2D eigenvalue weighted by Crippen LogP contribution is -2.34. The number of allylic oxidation sites excluding steroid dienone is 2. The largest absolute Gasteiger partial charge is 0.366 e. The lowest BCUT2D eigenvalue weighted by Gasteiger charge is -2.32. The third-order valence-electron chi connectivity index (χ3n) is 6.42. The second-order valence-electron chi connectivity index (χ2n) is 8.00. The van der Waals surface area contributed by atoms with Gasteiger partial charge in [-0.2, -0.15) is 0 Å². The van der Waals surface area contributed by atoms with Crippen molar-refractivity contribution in [3.63, 3.8) is 0 Å². The van der Waals surface area contributed by atoms with Crippen molar-refractivity contribution >= 4 is 28.9 Å². The van der Waals surface area contributed by atoms with Crippen LogP contribution in [0.5, 0.6) is 0 Å². The van der Waals surface area contributed by atoms with Crippen molar-refractivity contribution < 1.29 is 14.5 Å². The predicted octanol–water partition coefficient (Wildman–Crippen LogP) is 3.82. The second-order valence-corrected chi connectivity index (χ2v) is 8.00. The maximum absolute atomic E-state index is 12.8. The number of carbonyl (C=O) groups is 2. The molecule has 0 bridgehead atoms. The Morgan fingerprint density at radius 1 is 1.04 bits per heavy atom. The van der Waals surface area contributed by atoms with E-state index in [-0.39, 0.29) is 35.4 Å². The molecule has 2 aliphatic carbocycles. The van der Waals surface area contributed by atoms with Crippen molar-refractivity contribution in [1.82, 2.24) is 0 Å². The fraction of sp³-hybridized carbons (Fsp3) is 0.524. The minimum Gasteiger partial charge on any atom is -0.366 e. The molecule has 2 atom stereocenters. The number of benzene rings is 1. The molecule has 4 rings (SSSR count). The van der Waals surface area contributed by atoms with Gasteiger partial charge in [0.25, 0.3) is 5.69 Å². The SMILES string of the molecule is CN(c1ccc(N2C(=O)C3CC=CCC3C2=O)cc1[N+](=O)[O-])C1CCCCC1. The number of hydrogen-bond donors (Lipinski definition) is 0. The highest BCUT2D eigenvalue weighted by Gasteiger charge is 2.48. The summed E-state index contributed by atoms with van der Waals surface area (Å²) in [6, 6.07) is 5.02. The molecule has 1 aromatic carbocycles. The highest BCUT2D eigenvalue weighted by molar-refractivity contribution is 6.22. The van der Waals surface area contributed by atoms with E-state index in [0.29, 0.717) is 24.2 Å². The molecule has 0 spiro atoms. The highest BCUT2D eigenvalue weighted by atomic mass is 16.6. The molecule has 3 aliphatic rings. The molecule has 2 fully saturated rings. The van der Waals surface area contributed by atoms with Crippen molar-refractivity contribution in [2.75, 3.05) is 16.8 Å². The van der Waals surface area contributed by atoms with Gasteiger partial charge in [0.1, 0.15) is 5.69 Å². The van der Waals surface area contributed by atoms with E-state index < -0.39 is 4.92 Å². The molecule has 28 heavy (non-hydrogen) atoms. The zero-order valence-corrected chi connectivity index (χ0v) is 16.0. The lowest BCUT2D eigenvalue weighted by molar-refractivity contribution is -0.384. The van der Waals surface area contributed by atoms with Crippen LogP contribution in [0.4, 0.5) is 17.1 Å². The Morgan fingerprint density at radius 2 is 1.64 bits per heavy atom. The van der Waals surface area contributed by atoms with Crippen LogP contribution in [-0.2, 0) is 9.59 Å². The van der Waals surface area contributed by atoms with Crippen LogP contribution >= 0.6 is 0 Å². The van der Waals surface area contributed by atoms with E-state index >= 15 is 0 Å². The summed E-state index contributed by atoms with van der Waals surface area (Å²) >= 11 is 0. The van der Waals surface area contributed by atoms with Crippen molar-refractivity contribution in [2.24, 2.45) is 11.8 Å². The summed E-state index contributed by atoms with van der Waals surface area (Å²) in [6.45, 7) is 0. The van der Waals surface area contributed by atoms with Gasteiger partial charge in [-0.3, -0.25) is 19.7 Å². The number of nitro benzene ring substituents is 1. The van der Waals surface area contributed by atoms with Crippen molar-refractivity contribution in [3.05, 3.63) is 40.5 Å². The molecule has 2 unspecified atom stereocenters. The van der Waals surface area contributed by atoms with Crippen LogP contribution in [0.1, 0.15) is 44.9 Å². The summed E-state index contributed by atoms with van der Waals surface area (Å²) in [5, 5.41) is 11.8. The molecule has 0 N–H and O–H groups in total. The van der Waals surface area contributed by atoms with Gasteiger partial charge < -0.3 is 4.90 Å². The Balaban J connectivity index is 1.66. The van der Waals surface area contributed by atoms with E-state index in [1.807, 2.05) is 24.1 Å². The Hall–Kier alpha value is -2.70. The number of hydrogen-bond acceptors (Lipinski definition) is 5. The second kappa shape index (κ2) is 7.37. The molecule has 2 amide bonds. The molecular weight excluding hydrogens is 358 g/mol. The Kier molecular flexibility index (Phi) is 4.91. The molecule has 148 valence electrons. The number of rotatable bonds is 4. The number of anilines is 2. The van der Waals surface area contributed by atoms with Gasteiger partial charge in [0, 0.05) is 19.2 Å². The first-order valence-corrected chi connectivity index (χ1v) is 10.0. The Labute approximate surface area is 164 Å². The zero-order chi connectivity index (χ0) is 19.8. The van der Waals surface area contributed by atoms with Gasteiger partial charge in [-0.15, -0.1) is 0 Å². The summed E-state index contributed by atoms with van der Waals surface area (Å²) in [7, 11) is 1.89. The molecule has 1 saturated carbocycles. The number of carbonyl (C=O) groups excluding carboxylic acids is 2. The van der Waals surface area contributed by atoms with Crippen molar-refractivity contribution in [2.45, 2.75) is 51.0 Å². The van der Waals surface area contributed by atoms with Crippen molar-refractivity contribution in [3.8, 4) is 0 Å². The number of fused-ring (bicyclic) bond motifs is 1. The normalized spacial score (nSPS) is 25.1. The number of nitro groups is 1. The van der Waals surface area contributed by atoms with E-state index in [2.05, 4.69) is 0 Å². The van der Waals surface area contributed by atoms with Crippen LogP contribution in [0.15, 0.2) is 30.4 Å². The van der Waals surface area contributed by atoms with Gasteiger partial charge in [0.15, 0.2) is 0 Å². The van der Waals surface area contributed by atoms with Gasteiger partial charge in [-0.1, -0.05) is 31.4 Å². The summed E-state index contributed by atoms with van der Waals surface area (Å²) < 4.78 is 0. The molecule has 0 aromatic heterocycles. The van der Waals surface area contributed by atoms with E-state index in [0.717, 1.165) is 30.6 Å². The average Bonchev–Trinajstić information content (AvgIpc) is 2.98. The molecule has 1 saturated heterocycles. The van der Waals surface area contributed by atoms with Crippen LogP contribution in [0.3, 0.4) is 0 Å². The Morgan fingerprint density at radius 3 is 2.21 bits per heavy atom. The minimum absolute atomic E-state index is 0.0563. The van der Waals surface area contributed by atoms with Gasteiger partial charge in [0.05, 0.1) is 22.4 Å². The molecule has 1 aromatic rings. The van der Waals surface area contributed by atoms with Gasteiger partial charge in [-0.05, 0) is 37.8 Å². The third-order valence-corrected chi connectivity index (χ3v) is 6.42. The number of nitrogens with zero attached hydrogens (tertiary/aromatic N) is 3. The zero-order valence-electron chi connectivity index (χ0n) is 16.0. The number of amides is 2. The molecule has 7 nitrogen and oxygen atoms in total. The first-order chi connectivity index (χ1) is 13.5. The Bertz CT molecular complexity index is 818. The van der Waals surface area contributed by atoms with E-state index in [9.17, 15) is 19.7 Å². The smallest absolute Gasteiger partial charge is 0.294 e. The van der Waals surface area contributed by atoms with E-state index in [1.54, 1.807) is 12.1 Å². The first kappa shape index (κ1) is 18.7. The summed E-state index contributed by atoms with van der Waals surface area (Å²) in [6.07, 6.45) is 10.5. The predicted molar refractivity (Wildman–Crippen MR) is 106 cm³/mol. The van der Waals surface area contributed by atoms with Crippen LogP contribution in [-0.4, -0.2) is 29.8 Å². The quantitative estimate of drug-likeness (QED) is 0.342. The van der Waals surface area contributed by atoms with E-state index in [4.69, 9.17) is 0 Å². The van der Waals surface area contributed by atoms with Gasteiger partial charge in [0.2, 0.25) is 11.8 Å². The maximum atomic E-state index is 12.8. The van der Waals surface area contributed by atoms with Crippen LogP contribution < -0.4 is 9.80 Å². The molecule has 1 heterocycles. The van der Waals surface area contributed by atoms with Gasteiger partial charge >= 0.3 is 0 Å². The highest BCUT2D eigenvalue weighted by Crippen LogP contribution is 2.41. The monoisotopic (exact) mass is 383 g/mol. The van der Waals surface area contributed by atoms with Crippen molar-refractivity contribution in [1.29, 1.82) is 0 Å². The third kappa shape index (κ3) is 3.08. The molecular formula is C21H25N3O4. The first-order valence-electron chi connectivity index (χ1n) is 10.0. The van der Waals surface area contributed by atoms with Gasteiger partial charge in [-0.25, -0.2) is 4.90 Å². The van der Waals surface area contributed by atoms with Crippen LogP contribution in [0.25, 0.3) is 0 Å². The minimum atomic E-state index is -0.419. The summed E-state index contributed by atoms with van der Waals surface area (Å²) in [5.74, 6) is -1.19. The fourth-order valence-corrected chi connectivity index (χ4v) is 4.82. The standard InChI is InChI=1S/C21H25N3O4/c1-22(14-7-3-2-4-8-14)18-12-11-15(13-19(18)24(27)28)23-20(25)16-9-5-6-10-17(16)21(23)26/h5-6,11-14,16-17H,2-4,7-10H2,1H3. The van der Waals surface area contributed by atoms with Crippen LogP contribution in [0, 0.1) is 22.0 Å². The maximum Gasteiger partial charge on any atom is 0.294 e. The summed E-state index contributed by atoms with van der Waals surface area (Å²) in [5.41, 5.74) is 0.787. The average molecular weight is 383 g/mol. The summed E-state index contributed by atoms with van der Waals surface area (Å²) in [4.78, 5) is 40.1.